The van der Waals surface area contributed by atoms with Crippen LogP contribution in [0.5, 0.6) is 0 Å². The van der Waals surface area contributed by atoms with Gasteiger partial charge in [0, 0.05) is 18.2 Å². The van der Waals surface area contributed by atoms with Gasteiger partial charge in [-0.2, -0.15) is 0 Å². The van der Waals surface area contributed by atoms with Gasteiger partial charge in [0.25, 0.3) is 0 Å². The molecule has 0 aromatic heterocycles. The first-order valence-electron chi connectivity index (χ1n) is 7.33. The Balaban J connectivity index is 2.23. The molecule has 21 heavy (non-hydrogen) atoms. The molecule has 0 saturated carbocycles. The highest BCUT2D eigenvalue weighted by Gasteiger charge is 2.26. The zero-order valence-electron chi connectivity index (χ0n) is 12.3. The fraction of sp³-hybridized carbons (Fsp3) is 0.412. The van der Waals surface area contributed by atoms with Gasteiger partial charge in [-0.1, -0.05) is 30.4 Å². The van der Waals surface area contributed by atoms with Crippen LogP contribution < -0.4 is 4.90 Å². The molecule has 0 saturated heterocycles. The lowest BCUT2D eigenvalue weighted by atomic mass is 9.92. The summed E-state index contributed by atoms with van der Waals surface area (Å²) in [5.41, 5.74) is 1.81. The van der Waals surface area contributed by atoms with E-state index in [0.717, 1.165) is 30.5 Å². The van der Waals surface area contributed by atoms with Gasteiger partial charge in [-0.3, -0.25) is 9.59 Å². The lowest BCUT2D eigenvalue weighted by Gasteiger charge is -2.29. The molecule has 4 heteroatoms. The number of carboxylic acids is 1. The molecule has 4 nitrogen and oxygen atoms in total. The summed E-state index contributed by atoms with van der Waals surface area (Å²) in [5, 5.41) is 8.92. The van der Waals surface area contributed by atoms with Crippen molar-refractivity contribution in [3.8, 4) is 0 Å². The summed E-state index contributed by atoms with van der Waals surface area (Å²) in [7, 11) is 0. The van der Waals surface area contributed by atoms with Crippen LogP contribution in [0.15, 0.2) is 36.4 Å². The van der Waals surface area contributed by atoms with Crippen molar-refractivity contribution in [2.24, 2.45) is 5.92 Å². The second-order valence-electron chi connectivity index (χ2n) is 5.40. The molecule has 2 rings (SSSR count). The lowest BCUT2D eigenvalue weighted by Crippen LogP contribution is -2.38. The van der Waals surface area contributed by atoms with Gasteiger partial charge in [0.05, 0.1) is 6.42 Å². The van der Waals surface area contributed by atoms with Gasteiger partial charge in [-0.25, -0.2) is 0 Å². The third kappa shape index (κ3) is 3.94. The van der Waals surface area contributed by atoms with Crippen molar-refractivity contribution >= 4 is 17.6 Å². The molecular weight excluding hydrogens is 266 g/mol. The number of aryl methyl sites for hydroxylation is 1. The second kappa shape index (κ2) is 7.07. The highest BCUT2D eigenvalue weighted by molar-refractivity contribution is 5.96. The molecule has 1 aliphatic carbocycles. The van der Waals surface area contributed by atoms with E-state index >= 15 is 0 Å². The molecule has 112 valence electrons. The minimum atomic E-state index is -0.884. The monoisotopic (exact) mass is 287 g/mol. The lowest BCUT2D eigenvalue weighted by molar-refractivity contribution is -0.136. The summed E-state index contributed by atoms with van der Waals surface area (Å²) in [5.74, 6) is -0.886. The van der Waals surface area contributed by atoms with Gasteiger partial charge in [0.15, 0.2) is 0 Å². The minimum Gasteiger partial charge on any atom is -0.481 e. The van der Waals surface area contributed by atoms with E-state index in [9.17, 15) is 9.59 Å². The predicted octanol–water partition coefficient (Wildman–Crippen LogP) is 3.16. The average Bonchev–Trinajstić information content (AvgIpc) is 2.49. The van der Waals surface area contributed by atoms with Crippen LogP contribution in [0.3, 0.4) is 0 Å². The van der Waals surface area contributed by atoms with Gasteiger partial charge in [0.1, 0.15) is 0 Å². The first kappa shape index (κ1) is 15.3. The quantitative estimate of drug-likeness (QED) is 0.846. The average molecular weight is 287 g/mol. The summed E-state index contributed by atoms with van der Waals surface area (Å²) in [6.45, 7) is 2.16. The van der Waals surface area contributed by atoms with Crippen molar-refractivity contribution in [1.29, 1.82) is 0 Å². The molecule has 0 heterocycles. The van der Waals surface area contributed by atoms with Crippen LogP contribution in [-0.2, 0) is 9.59 Å². The van der Waals surface area contributed by atoms with E-state index in [1.54, 1.807) is 4.90 Å². The molecule has 0 spiro atoms. The van der Waals surface area contributed by atoms with Crippen LogP contribution in [-0.4, -0.2) is 23.5 Å². The van der Waals surface area contributed by atoms with Crippen LogP contribution in [0.25, 0.3) is 0 Å². The van der Waals surface area contributed by atoms with Crippen LogP contribution in [0.4, 0.5) is 5.69 Å². The van der Waals surface area contributed by atoms with Gasteiger partial charge < -0.3 is 10.0 Å². The number of allylic oxidation sites excluding steroid dienone is 2. The van der Waals surface area contributed by atoms with Gasteiger partial charge >= 0.3 is 5.97 Å². The van der Waals surface area contributed by atoms with Gasteiger partial charge in [-0.15, -0.1) is 0 Å². The van der Waals surface area contributed by atoms with Crippen molar-refractivity contribution < 1.29 is 14.7 Å². The maximum Gasteiger partial charge on any atom is 0.305 e. The maximum absolute atomic E-state index is 12.8. The number of carboxylic acid groups (broad SMARTS) is 1. The third-order valence-electron chi connectivity index (χ3n) is 3.84. The Morgan fingerprint density at radius 3 is 2.67 bits per heavy atom. The Hall–Kier alpha value is -2.10. The van der Waals surface area contributed by atoms with Crippen molar-refractivity contribution in [3.05, 3.63) is 42.0 Å². The minimum absolute atomic E-state index is 0.0369. The number of hydrogen-bond acceptors (Lipinski definition) is 2. The zero-order valence-corrected chi connectivity index (χ0v) is 12.3. The van der Waals surface area contributed by atoms with Crippen molar-refractivity contribution in [3.63, 3.8) is 0 Å². The number of amides is 1. The largest absolute Gasteiger partial charge is 0.481 e. The maximum atomic E-state index is 12.8. The molecule has 1 aliphatic rings. The Bertz CT molecular complexity index is 551. The fourth-order valence-corrected chi connectivity index (χ4v) is 2.66. The summed E-state index contributed by atoms with van der Waals surface area (Å²) in [4.78, 5) is 25.3. The Labute approximate surface area is 125 Å². The number of aliphatic carboxylic acids is 1. The molecule has 1 aromatic carbocycles. The SMILES string of the molecule is Cc1ccccc1N(CCC(=O)O)C(=O)C1CC=CCC1. The number of benzene rings is 1. The zero-order chi connectivity index (χ0) is 15.2. The van der Waals surface area contributed by atoms with Crippen LogP contribution >= 0.6 is 0 Å². The molecule has 1 amide bonds. The molecular formula is C17H21NO3. The molecule has 1 unspecified atom stereocenters. The number of anilines is 1. The van der Waals surface area contributed by atoms with E-state index in [2.05, 4.69) is 6.08 Å². The van der Waals surface area contributed by atoms with Crippen LogP contribution in [0.2, 0.25) is 0 Å². The first-order valence-corrected chi connectivity index (χ1v) is 7.33. The van der Waals surface area contributed by atoms with E-state index in [0.29, 0.717) is 0 Å². The summed E-state index contributed by atoms with van der Waals surface area (Å²) >= 11 is 0. The summed E-state index contributed by atoms with van der Waals surface area (Å²) in [6, 6.07) is 7.62. The van der Waals surface area contributed by atoms with E-state index in [1.807, 2.05) is 37.3 Å². The second-order valence-corrected chi connectivity index (χ2v) is 5.40. The number of carbonyl (C=O) groups is 2. The van der Waals surface area contributed by atoms with Crippen molar-refractivity contribution in [1.82, 2.24) is 0 Å². The number of nitrogens with zero attached hydrogens (tertiary/aromatic N) is 1. The van der Waals surface area contributed by atoms with E-state index in [4.69, 9.17) is 5.11 Å². The highest BCUT2D eigenvalue weighted by Crippen LogP contribution is 2.26. The van der Waals surface area contributed by atoms with E-state index in [-0.39, 0.29) is 24.8 Å². The summed E-state index contributed by atoms with van der Waals surface area (Å²) in [6.07, 6.45) is 6.59. The Kier molecular flexibility index (Phi) is 5.14. The predicted molar refractivity (Wildman–Crippen MR) is 82.3 cm³/mol. The normalized spacial score (nSPS) is 17.5. The molecule has 0 bridgehead atoms. The highest BCUT2D eigenvalue weighted by atomic mass is 16.4. The number of para-hydroxylation sites is 1. The van der Waals surface area contributed by atoms with Crippen molar-refractivity contribution in [2.45, 2.75) is 32.6 Å². The number of carbonyl (C=O) groups excluding carboxylic acids is 1. The standard InChI is InChI=1S/C17H21NO3/c1-13-7-5-6-10-15(13)18(12-11-16(19)20)17(21)14-8-3-2-4-9-14/h2-3,5-7,10,14H,4,8-9,11-12H2,1H3,(H,19,20). The van der Waals surface area contributed by atoms with Crippen molar-refractivity contribution in [2.75, 3.05) is 11.4 Å². The molecule has 0 aliphatic heterocycles. The first-order chi connectivity index (χ1) is 10.1. The molecule has 0 radical (unpaired) electrons. The third-order valence-corrected chi connectivity index (χ3v) is 3.84. The van der Waals surface area contributed by atoms with E-state index < -0.39 is 5.97 Å². The smallest absolute Gasteiger partial charge is 0.305 e. The van der Waals surface area contributed by atoms with E-state index in [1.165, 1.54) is 0 Å². The Morgan fingerprint density at radius 1 is 1.29 bits per heavy atom. The van der Waals surface area contributed by atoms with Gasteiger partial charge in [-0.05, 0) is 37.8 Å². The molecule has 1 atom stereocenters. The van der Waals surface area contributed by atoms with Gasteiger partial charge in [0.2, 0.25) is 5.91 Å². The molecule has 0 fully saturated rings. The summed E-state index contributed by atoms with van der Waals surface area (Å²) < 4.78 is 0. The Morgan fingerprint density at radius 2 is 2.05 bits per heavy atom. The van der Waals surface area contributed by atoms with Crippen LogP contribution in [0, 0.1) is 12.8 Å². The fourth-order valence-electron chi connectivity index (χ4n) is 2.66. The van der Waals surface area contributed by atoms with Crippen LogP contribution in [0.1, 0.15) is 31.2 Å². The molecule has 1 aromatic rings. The molecule has 1 N–H and O–H groups in total. The number of hydrogen-bond donors (Lipinski definition) is 1. The topological polar surface area (TPSA) is 57.6 Å². The number of rotatable bonds is 5.